The third-order valence-electron chi connectivity index (χ3n) is 5.71. The number of hydrogen-bond acceptors (Lipinski definition) is 4. The molecule has 1 N–H and O–H groups in total. The molecule has 1 aromatic rings. The van der Waals surface area contributed by atoms with E-state index >= 15 is 0 Å². The minimum absolute atomic E-state index is 0.0863. The van der Waals surface area contributed by atoms with Crippen LogP contribution >= 0.6 is 0 Å². The third-order valence-corrected chi connectivity index (χ3v) is 5.71. The Bertz CT molecular complexity index is 1070. The third kappa shape index (κ3) is 4.10. The zero-order valence-corrected chi connectivity index (χ0v) is 17.4. The SMILES string of the molecule is C/C(=N\c1cc(N2CCCN(C)CC2)ccc1C)c1c2cccccc-2[nH]c1=O. The van der Waals surface area contributed by atoms with Gasteiger partial charge in [-0.3, -0.25) is 9.79 Å². The summed E-state index contributed by atoms with van der Waals surface area (Å²) in [6.07, 6.45) is 1.16. The number of benzene rings is 1. The molecule has 150 valence electrons. The first kappa shape index (κ1) is 19.4. The highest BCUT2D eigenvalue weighted by atomic mass is 16.1. The van der Waals surface area contributed by atoms with Crippen LogP contribution in [-0.4, -0.2) is 48.8 Å². The number of aromatic nitrogens is 1. The maximum atomic E-state index is 12.6. The van der Waals surface area contributed by atoms with Gasteiger partial charge in [0.15, 0.2) is 0 Å². The van der Waals surface area contributed by atoms with Crippen LogP contribution in [0.3, 0.4) is 0 Å². The van der Waals surface area contributed by atoms with Gasteiger partial charge in [-0.25, -0.2) is 0 Å². The molecule has 3 aliphatic rings. The van der Waals surface area contributed by atoms with Crippen LogP contribution in [0.25, 0.3) is 11.3 Å². The standard InChI is InChI=1S/C24H28N4O/c1-17-10-11-19(28-13-7-12-27(3)14-15-28)16-22(17)25-18(2)23-20-8-5-4-6-9-21(20)26-24(23)29/h4-6,8-11,16H,7,12-15H2,1-3H3,(H,26,29)/b25-18+. The van der Waals surface area contributed by atoms with Gasteiger partial charge >= 0.3 is 0 Å². The van der Waals surface area contributed by atoms with Crippen LogP contribution in [0, 0.1) is 6.92 Å². The number of rotatable bonds is 3. The summed E-state index contributed by atoms with van der Waals surface area (Å²) in [5.41, 5.74) is 6.28. The first-order valence-corrected chi connectivity index (χ1v) is 10.2. The number of aromatic amines is 1. The van der Waals surface area contributed by atoms with Crippen molar-refractivity contribution < 1.29 is 0 Å². The molecule has 0 unspecified atom stereocenters. The van der Waals surface area contributed by atoms with Gasteiger partial charge in [0.25, 0.3) is 5.56 Å². The van der Waals surface area contributed by atoms with E-state index in [1.165, 1.54) is 5.69 Å². The summed E-state index contributed by atoms with van der Waals surface area (Å²) in [5, 5.41) is 0. The van der Waals surface area contributed by atoms with E-state index in [1.807, 2.05) is 37.3 Å². The van der Waals surface area contributed by atoms with Crippen LogP contribution in [0.15, 0.2) is 58.3 Å². The van der Waals surface area contributed by atoms with Gasteiger partial charge < -0.3 is 14.8 Å². The fraction of sp³-hybridized carbons (Fsp3) is 0.333. The van der Waals surface area contributed by atoms with Crippen molar-refractivity contribution in [2.75, 3.05) is 38.1 Å². The lowest BCUT2D eigenvalue weighted by molar-refractivity contribution is 0.360. The van der Waals surface area contributed by atoms with Crippen molar-refractivity contribution in [3.05, 3.63) is 70.0 Å². The topological polar surface area (TPSA) is 51.7 Å². The Morgan fingerprint density at radius 1 is 1.03 bits per heavy atom. The molecule has 2 heterocycles. The number of hydrogen-bond donors (Lipinski definition) is 1. The molecule has 1 aliphatic carbocycles. The van der Waals surface area contributed by atoms with Crippen molar-refractivity contribution in [3.63, 3.8) is 0 Å². The molecular weight excluding hydrogens is 360 g/mol. The summed E-state index contributed by atoms with van der Waals surface area (Å²) < 4.78 is 0. The smallest absolute Gasteiger partial charge is 0.258 e. The fourth-order valence-electron chi connectivity index (χ4n) is 4.00. The van der Waals surface area contributed by atoms with Crippen molar-refractivity contribution in [1.29, 1.82) is 0 Å². The van der Waals surface area contributed by atoms with Gasteiger partial charge in [0.1, 0.15) is 0 Å². The molecule has 0 bridgehead atoms. The largest absolute Gasteiger partial charge is 0.370 e. The number of H-pyrrole nitrogens is 1. The van der Waals surface area contributed by atoms with Gasteiger partial charge in [-0.1, -0.05) is 30.3 Å². The van der Waals surface area contributed by atoms with Gasteiger partial charge in [-0.2, -0.15) is 0 Å². The molecule has 0 spiro atoms. The van der Waals surface area contributed by atoms with Crippen LogP contribution in [0.2, 0.25) is 0 Å². The average molecular weight is 389 g/mol. The molecular formula is C24H28N4O. The minimum Gasteiger partial charge on any atom is -0.370 e. The maximum Gasteiger partial charge on any atom is 0.258 e. The highest BCUT2D eigenvalue weighted by Crippen LogP contribution is 2.28. The predicted molar refractivity (Wildman–Crippen MR) is 121 cm³/mol. The molecule has 0 radical (unpaired) electrons. The first-order chi connectivity index (χ1) is 14.0. The summed E-state index contributed by atoms with van der Waals surface area (Å²) in [7, 11) is 2.18. The minimum atomic E-state index is -0.0863. The van der Waals surface area contributed by atoms with E-state index in [2.05, 4.69) is 47.0 Å². The van der Waals surface area contributed by atoms with Crippen LogP contribution in [0.1, 0.15) is 24.5 Å². The van der Waals surface area contributed by atoms with Gasteiger partial charge in [-0.05, 0) is 57.6 Å². The first-order valence-electron chi connectivity index (χ1n) is 10.2. The number of likely N-dealkylation sites (N-methyl/N-ethyl adjacent to an activating group) is 1. The lowest BCUT2D eigenvalue weighted by atomic mass is 10.1. The van der Waals surface area contributed by atoms with Gasteiger partial charge in [-0.15, -0.1) is 0 Å². The highest BCUT2D eigenvalue weighted by molar-refractivity contribution is 6.05. The average Bonchev–Trinajstić information content (AvgIpc) is 2.87. The number of fused-ring (bicyclic) bond motifs is 1. The lowest BCUT2D eigenvalue weighted by Gasteiger charge is -2.23. The van der Waals surface area contributed by atoms with Crippen LogP contribution in [0.5, 0.6) is 0 Å². The Morgan fingerprint density at radius 3 is 2.72 bits per heavy atom. The predicted octanol–water partition coefficient (Wildman–Crippen LogP) is 4.07. The number of aliphatic imine (C=N–C) groups is 1. The fourth-order valence-corrected chi connectivity index (χ4v) is 4.00. The summed E-state index contributed by atoms with van der Waals surface area (Å²) in [5.74, 6) is 0. The van der Waals surface area contributed by atoms with Crippen LogP contribution < -0.4 is 10.5 Å². The molecule has 1 saturated heterocycles. The summed E-state index contributed by atoms with van der Waals surface area (Å²) in [4.78, 5) is 25.2. The molecule has 4 rings (SSSR count). The molecule has 5 nitrogen and oxygen atoms in total. The Labute approximate surface area is 172 Å². The number of anilines is 1. The lowest BCUT2D eigenvalue weighted by Crippen LogP contribution is -2.28. The molecule has 0 aromatic heterocycles. The van der Waals surface area contributed by atoms with Crippen molar-refractivity contribution in [2.24, 2.45) is 4.99 Å². The summed E-state index contributed by atoms with van der Waals surface area (Å²) in [6.45, 7) is 8.27. The Balaban J connectivity index is 1.70. The monoisotopic (exact) mass is 388 g/mol. The van der Waals surface area contributed by atoms with Crippen LogP contribution in [-0.2, 0) is 0 Å². The Hall–Kier alpha value is -2.92. The molecule has 5 heteroatoms. The van der Waals surface area contributed by atoms with Crippen molar-refractivity contribution in [3.8, 4) is 11.3 Å². The number of nitrogens with zero attached hydrogens (tertiary/aromatic N) is 3. The molecule has 1 aromatic carbocycles. The van der Waals surface area contributed by atoms with E-state index < -0.39 is 0 Å². The summed E-state index contributed by atoms with van der Waals surface area (Å²) >= 11 is 0. The molecule has 2 aliphatic heterocycles. The van der Waals surface area contributed by atoms with Gasteiger partial charge in [0.2, 0.25) is 0 Å². The van der Waals surface area contributed by atoms with E-state index in [-0.39, 0.29) is 5.56 Å². The van der Waals surface area contributed by atoms with E-state index in [9.17, 15) is 4.79 Å². The normalized spacial score (nSPS) is 16.2. The number of aryl methyl sites for hydroxylation is 1. The second-order valence-corrected chi connectivity index (χ2v) is 7.88. The summed E-state index contributed by atoms with van der Waals surface area (Å²) in [6, 6.07) is 16.2. The van der Waals surface area contributed by atoms with Gasteiger partial charge in [0, 0.05) is 36.6 Å². The zero-order chi connectivity index (χ0) is 20.4. The molecule has 1 fully saturated rings. The Morgan fingerprint density at radius 2 is 1.86 bits per heavy atom. The van der Waals surface area contributed by atoms with Crippen molar-refractivity contribution >= 4 is 17.1 Å². The second kappa shape index (κ2) is 8.21. The van der Waals surface area contributed by atoms with Crippen molar-refractivity contribution in [1.82, 2.24) is 9.88 Å². The maximum absolute atomic E-state index is 12.6. The molecule has 0 atom stereocenters. The van der Waals surface area contributed by atoms with Crippen LogP contribution in [0.4, 0.5) is 11.4 Å². The molecule has 0 amide bonds. The zero-order valence-electron chi connectivity index (χ0n) is 17.4. The highest BCUT2D eigenvalue weighted by Gasteiger charge is 2.17. The molecule has 29 heavy (non-hydrogen) atoms. The van der Waals surface area contributed by atoms with E-state index in [0.717, 1.165) is 60.8 Å². The Kier molecular flexibility index (Phi) is 5.49. The van der Waals surface area contributed by atoms with E-state index in [4.69, 9.17) is 4.99 Å². The van der Waals surface area contributed by atoms with Crippen molar-refractivity contribution in [2.45, 2.75) is 20.3 Å². The van der Waals surface area contributed by atoms with E-state index in [1.54, 1.807) is 0 Å². The van der Waals surface area contributed by atoms with E-state index in [0.29, 0.717) is 5.56 Å². The van der Waals surface area contributed by atoms with Gasteiger partial charge in [0.05, 0.1) is 17.0 Å². The molecule has 0 saturated carbocycles. The number of nitrogens with one attached hydrogen (secondary N) is 1. The second-order valence-electron chi connectivity index (χ2n) is 7.88. The quantitative estimate of drug-likeness (QED) is 0.688.